The second kappa shape index (κ2) is 6.85. The van der Waals surface area contributed by atoms with Gasteiger partial charge in [-0.15, -0.1) is 11.3 Å². The van der Waals surface area contributed by atoms with Gasteiger partial charge in [0, 0.05) is 23.9 Å². The van der Waals surface area contributed by atoms with Crippen LogP contribution >= 0.6 is 11.3 Å². The first-order valence-electron chi connectivity index (χ1n) is 6.98. The van der Waals surface area contributed by atoms with Crippen molar-refractivity contribution in [2.45, 2.75) is 37.2 Å². The van der Waals surface area contributed by atoms with Crippen molar-refractivity contribution in [2.24, 2.45) is 0 Å². The zero-order valence-corrected chi connectivity index (χ0v) is 14.3. The van der Waals surface area contributed by atoms with E-state index in [-0.39, 0.29) is 17.0 Å². The number of nitrogens with zero attached hydrogens (tertiary/aromatic N) is 1. The highest BCUT2D eigenvalue weighted by molar-refractivity contribution is 7.90. The fraction of sp³-hybridized carbons (Fsp3) is 0.400. The summed E-state index contributed by atoms with van der Waals surface area (Å²) in [5.41, 5.74) is 0.708. The number of rotatable bonds is 6. The van der Waals surface area contributed by atoms with Crippen molar-refractivity contribution in [2.75, 3.05) is 6.26 Å². The monoisotopic (exact) mass is 342 g/mol. The van der Waals surface area contributed by atoms with Crippen LogP contribution in [0.1, 0.15) is 42.9 Å². The summed E-state index contributed by atoms with van der Waals surface area (Å²) in [6, 6.07) is 4.22. The highest BCUT2D eigenvalue weighted by Gasteiger charge is 2.19. The maximum Gasteiger partial charge on any atom is 0.178 e. The number of benzene rings is 1. The van der Waals surface area contributed by atoms with Gasteiger partial charge in [0.25, 0.3) is 0 Å². The quantitative estimate of drug-likeness (QED) is 0.873. The second-order valence-electron chi connectivity index (χ2n) is 5.18. The highest BCUT2D eigenvalue weighted by atomic mass is 32.2. The Hall–Kier alpha value is -1.31. The van der Waals surface area contributed by atoms with E-state index in [1.807, 2.05) is 12.3 Å². The molecule has 4 nitrogen and oxygen atoms in total. The maximum absolute atomic E-state index is 14.0. The van der Waals surface area contributed by atoms with Gasteiger partial charge in [-0.1, -0.05) is 13.0 Å². The van der Waals surface area contributed by atoms with E-state index in [0.29, 0.717) is 5.56 Å². The van der Waals surface area contributed by atoms with Gasteiger partial charge in [0.1, 0.15) is 15.7 Å². The van der Waals surface area contributed by atoms with E-state index >= 15 is 0 Å². The first-order valence-corrected chi connectivity index (χ1v) is 9.75. The van der Waals surface area contributed by atoms with E-state index < -0.39 is 15.7 Å². The Morgan fingerprint density at radius 2 is 2.14 bits per heavy atom. The van der Waals surface area contributed by atoms with Gasteiger partial charge in [0.05, 0.1) is 6.04 Å². The fourth-order valence-corrected chi connectivity index (χ4v) is 3.77. The molecule has 0 fully saturated rings. The van der Waals surface area contributed by atoms with Crippen LogP contribution in [0, 0.1) is 5.82 Å². The lowest BCUT2D eigenvalue weighted by Crippen LogP contribution is -2.24. The van der Waals surface area contributed by atoms with Gasteiger partial charge in [-0.3, -0.25) is 0 Å². The summed E-state index contributed by atoms with van der Waals surface area (Å²) in [5, 5.41) is 6.31. The van der Waals surface area contributed by atoms with Gasteiger partial charge in [-0.2, -0.15) is 0 Å². The predicted octanol–water partition coefficient (Wildman–Crippen LogP) is 3.49. The van der Waals surface area contributed by atoms with E-state index in [1.165, 1.54) is 12.1 Å². The molecule has 0 unspecified atom stereocenters. The Balaban J connectivity index is 2.19. The number of halogens is 1. The molecule has 2 rings (SSSR count). The fourth-order valence-electron chi connectivity index (χ4n) is 2.26. The third-order valence-electron chi connectivity index (χ3n) is 3.46. The Morgan fingerprint density at radius 3 is 2.64 bits per heavy atom. The molecule has 0 aliphatic carbocycles. The van der Waals surface area contributed by atoms with Crippen molar-refractivity contribution in [3.63, 3.8) is 0 Å². The molecule has 0 saturated carbocycles. The number of thiazole rings is 1. The number of hydrogen-bond acceptors (Lipinski definition) is 5. The summed E-state index contributed by atoms with van der Waals surface area (Å²) < 4.78 is 36.9. The normalized spacial score (nSPS) is 14.7. The van der Waals surface area contributed by atoms with E-state index in [9.17, 15) is 12.8 Å². The molecule has 0 saturated heterocycles. The van der Waals surface area contributed by atoms with Gasteiger partial charge in [0.15, 0.2) is 9.84 Å². The summed E-state index contributed by atoms with van der Waals surface area (Å²) in [6.07, 6.45) is 3.62. The molecule has 22 heavy (non-hydrogen) atoms. The lowest BCUT2D eigenvalue weighted by Gasteiger charge is -2.21. The van der Waals surface area contributed by atoms with Crippen molar-refractivity contribution in [1.82, 2.24) is 10.3 Å². The minimum Gasteiger partial charge on any atom is -0.301 e. The molecule has 120 valence electrons. The summed E-state index contributed by atoms with van der Waals surface area (Å²) in [5.74, 6) is -0.712. The van der Waals surface area contributed by atoms with Crippen LogP contribution in [-0.2, 0) is 9.84 Å². The molecule has 1 aromatic carbocycles. The molecule has 0 radical (unpaired) electrons. The van der Waals surface area contributed by atoms with Crippen LogP contribution in [-0.4, -0.2) is 19.7 Å². The van der Waals surface area contributed by atoms with Gasteiger partial charge < -0.3 is 5.32 Å². The van der Waals surface area contributed by atoms with Crippen molar-refractivity contribution in [3.8, 4) is 0 Å². The van der Waals surface area contributed by atoms with E-state index in [4.69, 9.17) is 0 Å². The topological polar surface area (TPSA) is 59.1 Å². The number of hydrogen-bond donors (Lipinski definition) is 1. The van der Waals surface area contributed by atoms with Crippen molar-refractivity contribution in [3.05, 3.63) is 46.2 Å². The Labute approximate surface area is 134 Å². The molecule has 0 aliphatic rings. The first kappa shape index (κ1) is 17.1. The maximum atomic E-state index is 14.0. The number of sulfone groups is 1. The average Bonchev–Trinajstić information content (AvgIpc) is 2.96. The molecular weight excluding hydrogens is 323 g/mol. The Bertz CT molecular complexity index is 730. The molecule has 0 aliphatic heterocycles. The second-order valence-corrected chi connectivity index (χ2v) is 8.09. The Kier molecular flexibility index (Phi) is 5.31. The van der Waals surface area contributed by atoms with Gasteiger partial charge in [-0.25, -0.2) is 17.8 Å². The number of aromatic nitrogens is 1. The summed E-state index contributed by atoms with van der Waals surface area (Å²) in [6.45, 7) is 3.98. The molecule has 1 aromatic heterocycles. The SMILES string of the molecule is CC[C@H](N[C@H](C)c1ccc(S(C)(=O)=O)c(F)c1)c1nccs1. The average molecular weight is 342 g/mol. The summed E-state index contributed by atoms with van der Waals surface area (Å²) in [7, 11) is -3.54. The lowest BCUT2D eigenvalue weighted by molar-refractivity contribution is 0.452. The van der Waals surface area contributed by atoms with Crippen LogP contribution in [0.15, 0.2) is 34.7 Å². The standard InChI is InChI=1S/C15H19FN2O2S2/c1-4-13(15-17-7-8-21-15)18-10(2)11-5-6-14(12(16)9-11)22(3,19)20/h5-10,13,18H,4H2,1-3H3/t10-,13+/m1/s1. The smallest absolute Gasteiger partial charge is 0.178 e. The van der Waals surface area contributed by atoms with Crippen LogP contribution in [0.5, 0.6) is 0 Å². The molecule has 2 atom stereocenters. The van der Waals surface area contributed by atoms with Crippen molar-refractivity contribution < 1.29 is 12.8 Å². The molecule has 2 aromatic rings. The van der Waals surface area contributed by atoms with E-state index in [2.05, 4.69) is 17.2 Å². The van der Waals surface area contributed by atoms with Gasteiger partial charge in [-0.05, 0) is 31.0 Å². The minimum absolute atomic E-state index is 0.0904. The van der Waals surface area contributed by atoms with Crippen LogP contribution in [0.25, 0.3) is 0 Å². The molecule has 0 amide bonds. The third-order valence-corrected chi connectivity index (χ3v) is 5.48. The van der Waals surface area contributed by atoms with Crippen molar-refractivity contribution >= 4 is 21.2 Å². The van der Waals surface area contributed by atoms with Crippen molar-refractivity contribution in [1.29, 1.82) is 0 Å². The zero-order chi connectivity index (χ0) is 16.3. The zero-order valence-electron chi connectivity index (χ0n) is 12.7. The van der Waals surface area contributed by atoms with E-state index in [0.717, 1.165) is 17.7 Å². The van der Waals surface area contributed by atoms with Crippen LogP contribution in [0.2, 0.25) is 0 Å². The molecule has 1 N–H and O–H groups in total. The van der Waals surface area contributed by atoms with Gasteiger partial charge in [0.2, 0.25) is 0 Å². The molecule has 1 heterocycles. The molecular formula is C15H19FN2O2S2. The Morgan fingerprint density at radius 1 is 1.41 bits per heavy atom. The number of nitrogens with one attached hydrogen (secondary N) is 1. The molecule has 0 spiro atoms. The predicted molar refractivity (Wildman–Crippen MR) is 86.2 cm³/mol. The molecule has 0 bridgehead atoms. The van der Waals surface area contributed by atoms with E-state index in [1.54, 1.807) is 23.6 Å². The molecule has 7 heteroatoms. The summed E-state index contributed by atoms with van der Waals surface area (Å²) >= 11 is 1.57. The van der Waals surface area contributed by atoms with Crippen LogP contribution < -0.4 is 5.32 Å². The first-order chi connectivity index (χ1) is 10.3. The lowest BCUT2D eigenvalue weighted by atomic mass is 10.1. The summed E-state index contributed by atoms with van der Waals surface area (Å²) in [4.78, 5) is 4.03. The van der Waals surface area contributed by atoms with Crippen LogP contribution in [0.3, 0.4) is 0 Å². The minimum atomic E-state index is -3.54. The van der Waals surface area contributed by atoms with Crippen LogP contribution in [0.4, 0.5) is 4.39 Å². The highest BCUT2D eigenvalue weighted by Crippen LogP contribution is 2.25. The largest absolute Gasteiger partial charge is 0.301 e. The van der Waals surface area contributed by atoms with Gasteiger partial charge >= 0.3 is 0 Å². The third kappa shape index (κ3) is 3.91.